The second-order valence-electron chi connectivity index (χ2n) is 4.53. The number of fused-ring (bicyclic) bond motifs is 1. The van der Waals surface area contributed by atoms with E-state index < -0.39 is 0 Å². The van der Waals surface area contributed by atoms with Gasteiger partial charge < -0.3 is 10.3 Å². The van der Waals surface area contributed by atoms with E-state index in [1.54, 1.807) is 0 Å². The Labute approximate surface area is 88.3 Å². The number of imidazole rings is 1. The minimum Gasteiger partial charge on any atom is -0.328 e. The van der Waals surface area contributed by atoms with Gasteiger partial charge in [-0.05, 0) is 32.1 Å². The zero-order valence-corrected chi connectivity index (χ0v) is 8.80. The fourth-order valence-corrected chi connectivity index (χ4v) is 2.74. The molecule has 3 rings (SSSR count). The summed E-state index contributed by atoms with van der Waals surface area (Å²) in [6, 6.07) is 0.436. The molecule has 1 aromatic rings. The van der Waals surface area contributed by atoms with Crippen LogP contribution < -0.4 is 5.73 Å². The highest BCUT2D eigenvalue weighted by Crippen LogP contribution is 2.47. The van der Waals surface area contributed by atoms with Crippen LogP contribution in [0.1, 0.15) is 37.4 Å². The molecule has 76 valence electrons. The van der Waals surface area contributed by atoms with Gasteiger partial charge in [0.05, 0.1) is 18.1 Å². The lowest BCUT2D eigenvalue weighted by molar-refractivity contribution is 0.326. The quantitative estimate of drug-likeness (QED) is 0.771. The first-order chi connectivity index (χ1) is 6.71. The van der Waals surface area contributed by atoms with Crippen molar-refractivity contribution < 1.29 is 0 Å². The molecule has 1 saturated carbocycles. The van der Waals surface area contributed by atoms with Crippen molar-refractivity contribution in [3.63, 3.8) is 0 Å². The van der Waals surface area contributed by atoms with E-state index in [1.165, 1.54) is 18.5 Å². The molecule has 4 heteroatoms. The zero-order valence-electron chi connectivity index (χ0n) is 8.04. The molecule has 1 aromatic heterocycles. The van der Waals surface area contributed by atoms with Gasteiger partial charge in [-0.25, -0.2) is 4.98 Å². The first-order valence-electron chi connectivity index (χ1n) is 5.21. The molecule has 0 saturated heterocycles. The van der Waals surface area contributed by atoms with Crippen molar-refractivity contribution >= 4 is 11.6 Å². The van der Waals surface area contributed by atoms with Crippen LogP contribution in [0.15, 0.2) is 6.33 Å². The Morgan fingerprint density at radius 1 is 1.57 bits per heavy atom. The number of halogens is 1. The lowest BCUT2D eigenvalue weighted by Gasteiger charge is -2.30. The molecule has 0 bridgehead atoms. The molecule has 2 N–H and O–H groups in total. The Morgan fingerprint density at radius 3 is 3.07 bits per heavy atom. The first kappa shape index (κ1) is 8.74. The van der Waals surface area contributed by atoms with Crippen molar-refractivity contribution in [2.75, 3.05) is 0 Å². The Kier molecular flexibility index (Phi) is 1.71. The summed E-state index contributed by atoms with van der Waals surface area (Å²) >= 11 is 6.02. The van der Waals surface area contributed by atoms with Crippen molar-refractivity contribution in [2.45, 2.75) is 43.7 Å². The highest BCUT2D eigenvalue weighted by Gasteiger charge is 2.47. The monoisotopic (exact) mass is 211 g/mol. The Balaban J connectivity index is 2.03. The summed E-state index contributed by atoms with van der Waals surface area (Å²) in [6.45, 7) is 0. The van der Waals surface area contributed by atoms with Gasteiger partial charge in [-0.15, -0.1) is 0 Å². The second kappa shape index (κ2) is 2.74. The van der Waals surface area contributed by atoms with Gasteiger partial charge in [-0.3, -0.25) is 0 Å². The van der Waals surface area contributed by atoms with E-state index >= 15 is 0 Å². The fourth-order valence-electron chi connectivity index (χ4n) is 2.51. The number of hydrogen-bond acceptors (Lipinski definition) is 2. The minimum absolute atomic E-state index is 0.0409. The van der Waals surface area contributed by atoms with E-state index in [4.69, 9.17) is 17.3 Å². The van der Waals surface area contributed by atoms with Gasteiger partial charge in [-0.1, -0.05) is 11.6 Å². The number of rotatable bonds is 1. The molecule has 1 aliphatic heterocycles. The summed E-state index contributed by atoms with van der Waals surface area (Å²) in [5, 5.41) is 0.666. The highest BCUT2D eigenvalue weighted by atomic mass is 35.5. The molecule has 0 radical (unpaired) electrons. The van der Waals surface area contributed by atoms with E-state index in [9.17, 15) is 0 Å². The SMILES string of the molecule is NC1(C2CCCc3c(Cl)ncn32)CC1. The predicted octanol–water partition coefficient (Wildman–Crippen LogP) is 1.91. The summed E-state index contributed by atoms with van der Waals surface area (Å²) in [6.07, 6.45) is 7.56. The minimum atomic E-state index is 0.0409. The number of nitrogens with zero attached hydrogens (tertiary/aromatic N) is 2. The molecule has 0 spiro atoms. The molecule has 0 amide bonds. The summed E-state index contributed by atoms with van der Waals surface area (Å²) in [4.78, 5) is 4.16. The molecule has 1 fully saturated rings. The molecule has 14 heavy (non-hydrogen) atoms. The summed E-state index contributed by atoms with van der Waals surface area (Å²) < 4.78 is 2.21. The van der Waals surface area contributed by atoms with Crippen LogP contribution in [0.3, 0.4) is 0 Å². The summed E-state index contributed by atoms with van der Waals surface area (Å²) in [5.41, 5.74) is 7.47. The van der Waals surface area contributed by atoms with E-state index in [1.807, 2.05) is 6.33 Å². The third-order valence-electron chi connectivity index (χ3n) is 3.56. The highest BCUT2D eigenvalue weighted by molar-refractivity contribution is 6.30. The third-order valence-corrected chi connectivity index (χ3v) is 3.88. The van der Waals surface area contributed by atoms with E-state index in [2.05, 4.69) is 9.55 Å². The van der Waals surface area contributed by atoms with Crippen LogP contribution in [0.25, 0.3) is 0 Å². The lowest BCUT2D eigenvalue weighted by atomic mass is 9.95. The molecule has 2 heterocycles. The molecule has 1 aliphatic carbocycles. The van der Waals surface area contributed by atoms with Gasteiger partial charge in [0.15, 0.2) is 0 Å². The molecule has 1 unspecified atom stereocenters. The second-order valence-corrected chi connectivity index (χ2v) is 4.89. The predicted molar refractivity (Wildman–Crippen MR) is 55.4 cm³/mol. The molecule has 0 aromatic carbocycles. The maximum atomic E-state index is 6.25. The van der Waals surface area contributed by atoms with E-state index in [0.717, 1.165) is 19.3 Å². The van der Waals surface area contributed by atoms with Crippen LogP contribution in [0.4, 0.5) is 0 Å². The van der Waals surface area contributed by atoms with Gasteiger partial charge in [-0.2, -0.15) is 0 Å². The molecule has 2 aliphatic rings. The van der Waals surface area contributed by atoms with Crippen molar-refractivity contribution in [3.8, 4) is 0 Å². The van der Waals surface area contributed by atoms with Gasteiger partial charge in [0, 0.05) is 5.54 Å². The summed E-state index contributed by atoms with van der Waals surface area (Å²) in [7, 11) is 0. The van der Waals surface area contributed by atoms with Crippen LogP contribution in [-0.4, -0.2) is 15.1 Å². The topological polar surface area (TPSA) is 43.8 Å². The standard InChI is InChI=1S/C10H14ClN3/c11-9-7-2-1-3-8(10(12)4-5-10)14(7)6-13-9/h6,8H,1-5,12H2. The van der Waals surface area contributed by atoms with Crippen LogP contribution in [-0.2, 0) is 6.42 Å². The Morgan fingerprint density at radius 2 is 2.36 bits per heavy atom. The van der Waals surface area contributed by atoms with Gasteiger partial charge in [0.2, 0.25) is 0 Å². The molecular weight excluding hydrogens is 198 g/mol. The maximum absolute atomic E-state index is 6.25. The molecule has 1 atom stereocenters. The van der Waals surface area contributed by atoms with Gasteiger partial charge in [0.1, 0.15) is 5.15 Å². The number of aromatic nitrogens is 2. The largest absolute Gasteiger partial charge is 0.328 e. The first-order valence-corrected chi connectivity index (χ1v) is 5.59. The lowest BCUT2D eigenvalue weighted by Crippen LogP contribution is -2.36. The van der Waals surface area contributed by atoms with Crippen LogP contribution in [0.5, 0.6) is 0 Å². The fraction of sp³-hybridized carbons (Fsp3) is 0.700. The number of hydrogen-bond donors (Lipinski definition) is 1. The van der Waals surface area contributed by atoms with Crippen LogP contribution in [0, 0.1) is 0 Å². The third kappa shape index (κ3) is 1.12. The van der Waals surface area contributed by atoms with Gasteiger partial charge in [0.25, 0.3) is 0 Å². The average Bonchev–Trinajstić information content (AvgIpc) is 2.83. The van der Waals surface area contributed by atoms with Gasteiger partial charge >= 0.3 is 0 Å². The average molecular weight is 212 g/mol. The zero-order chi connectivity index (χ0) is 9.76. The molecule has 3 nitrogen and oxygen atoms in total. The summed E-state index contributed by atoms with van der Waals surface area (Å²) in [5.74, 6) is 0. The van der Waals surface area contributed by atoms with Crippen molar-refractivity contribution in [3.05, 3.63) is 17.2 Å². The number of nitrogens with two attached hydrogens (primary N) is 1. The molecular formula is C10H14ClN3. The van der Waals surface area contributed by atoms with Crippen molar-refractivity contribution in [1.82, 2.24) is 9.55 Å². The Hall–Kier alpha value is -0.540. The van der Waals surface area contributed by atoms with E-state index in [0.29, 0.717) is 11.2 Å². The maximum Gasteiger partial charge on any atom is 0.150 e. The Bertz CT molecular complexity index is 367. The van der Waals surface area contributed by atoms with Crippen LogP contribution in [0.2, 0.25) is 5.15 Å². The van der Waals surface area contributed by atoms with Crippen molar-refractivity contribution in [2.24, 2.45) is 5.73 Å². The van der Waals surface area contributed by atoms with Crippen LogP contribution >= 0.6 is 11.6 Å². The van der Waals surface area contributed by atoms with Crippen molar-refractivity contribution in [1.29, 1.82) is 0 Å². The normalized spacial score (nSPS) is 28.6. The van der Waals surface area contributed by atoms with E-state index in [-0.39, 0.29) is 5.54 Å². The smallest absolute Gasteiger partial charge is 0.150 e.